The minimum absolute atomic E-state index is 0.0670. The lowest BCUT2D eigenvalue weighted by Gasteiger charge is -2.57. The molecule has 4 aliphatic carbocycles. The first-order valence-electron chi connectivity index (χ1n) is 11.3. The van der Waals surface area contributed by atoms with Gasteiger partial charge in [-0.2, -0.15) is 0 Å². The van der Waals surface area contributed by atoms with Crippen LogP contribution in [0.4, 0.5) is 0 Å². The van der Waals surface area contributed by atoms with Crippen LogP contribution >= 0.6 is 0 Å². The second-order valence-corrected chi connectivity index (χ2v) is 15.4. The molecule has 0 aliphatic heterocycles. The maximum Gasteiger partial charge on any atom is 0.184 e. The van der Waals surface area contributed by atoms with Crippen LogP contribution in [-0.4, -0.2) is 13.9 Å². The zero-order valence-corrected chi connectivity index (χ0v) is 18.7. The summed E-state index contributed by atoms with van der Waals surface area (Å²) in [7, 11) is -1.58. The van der Waals surface area contributed by atoms with Crippen molar-refractivity contribution in [3.63, 3.8) is 0 Å². The fourth-order valence-electron chi connectivity index (χ4n) is 7.76. The van der Waals surface area contributed by atoms with Crippen LogP contribution in [0, 0.1) is 29.1 Å². The average Bonchev–Trinajstić information content (AvgIpc) is 2.86. The number of allylic oxidation sites excluding steroid dienone is 2. The first kappa shape index (κ1) is 19.0. The van der Waals surface area contributed by atoms with Gasteiger partial charge in [0.2, 0.25) is 0 Å². The van der Waals surface area contributed by atoms with Crippen molar-refractivity contribution in [2.24, 2.45) is 29.1 Å². The first-order valence-corrected chi connectivity index (χ1v) is 14.7. The van der Waals surface area contributed by atoms with Gasteiger partial charge < -0.3 is 4.43 Å². The van der Waals surface area contributed by atoms with Crippen molar-refractivity contribution < 1.29 is 4.43 Å². The second-order valence-electron chi connectivity index (χ2n) is 11.0. The van der Waals surface area contributed by atoms with Crippen molar-refractivity contribution in [1.82, 2.24) is 0 Å². The summed E-state index contributed by atoms with van der Waals surface area (Å²) >= 11 is 0. The fourth-order valence-corrected chi connectivity index (χ4v) is 9.35. The van der Waals surface area contributed by atoms with Crippen molar-refractivity contribution in [1.29, 1.82) is 0 Å². The van der Waals surface area contributed by atoms with Crippen LogP contribution in [0.1, 0.15) is 71.1 Å². The highest BCUT2D eigenvalue weighted by atomic mass is 28.4. The van der Waals surface area contributed by atoms with Crippen molar-refractivity contribution in [2.75, 3.05) is 0 Å². The van der Waals surface area contributed by atoms with E-state index in [1.807, 2.05) is 5.57 Å². The van der Waals surface area contributed by atoms with Crippen molar-refractivity contribution in [2.45, 2.75) is 96.4 Å². The molecule has 0 radical (unpaired) electrons. The van der Waals surface area contributed by atoms with Crippen molar-refractivity contribution in [3.05, 3.63) is 24.3 Å². The van der Waals surface area contributed by atoms with Crippen molar-refractivity contribution >= 4 is 8.32 Å². The molecule has 0 aromatic rings. The highest BCUT2D eigenvalue weighted by Crippen LogP contribution is 2.67. The van der Waals surface area contributed by atoms with E-state index < -0.39 is 8.32 Å². The molecule has 2 heteroatoms. The van der Waals surface area contributed by atoms with Crippen LogP contribution in [0.5, 0.6) is 0 Å². The third-order valence-corrected chi connectivity index (χ3v) is 9.65. The van der Waals surface area contributed by atoms with Gasteiger partial charge in [0, 0.05) is 0 Å². The molecule has 0 aromatic carbocycles. The van der Waals surface area contributed by atoms with Gasteiger partial charge in [0.05, 0.1) is 5.60 Å². The Labute approximate surface area is 162 Å². The molecule has 0 unspecified atom stereocenters. The molecule has 0 bridgehead atoms. The van der Waals surface area contributed by atoms with E-state index in [0.717, 1.165) is 30.1 Å². The lowest BCUT2D eigenvalue weighted by molar-refractivity contribution is -0.105. The van der Waals surface area contributed by atoms with Gasteiger partial charge in [-0.1, -0.05) is 24.6 Å². The minimum Gasteiger partial charge on any atom is -0.411 e. The summed E-state index contributed by atoms with van der Waals surface area (Å²) in [6.07, 6.45) is 18.4. The molecule has 4 rings (SSSR count). The van der Waals surface area contributed by atoms with Gasteiger partial charge in [-0.25, -0.2) is 0 Å². The molecule has 0 heterocycles. The Bertz CT molecular complexity index is 588. The second kappa shape index (κ2) is 6.62. The Morgan fingerprint density at radius 2 is 1.96 bits per heavy atom. The molecule has 146 valence electrons. The molecule has 4 aliphatic rings. The Hall–Kier alpha value is -0.343. The standard InChI is InChI=1S/C24H40OSi/c1-6-15-24(25-26(3,4)5)17-14-22-21-12-11-18-9-7-8-10-19(18)20(21)13-16-23(22,24)2/h6,9,19-22H,1,7-8,10-17H2,2-5H3/t19-,20+,21+,22-,23-,24-/m0/s1. The Balaban J connectivity index is 1.64. The monoisotopic (exact) mass is 372 g/mol. The SMILES string of the molecule is C=CC[C@]1(O[Si](C)(C)C)CC[C@H]2[C@@H]3CCC4=CCCC[C@@H]4[C@H]3CC[C@@]21C. The van der Waals surface area contributed by atoms with E-state index in [-0.39, 0.29) is 5.60 Å². The first-order chi connectivity index (χ1) is 12.3. The van der Waals surface area contributed by atoms with Gasteiger partial charge in [-0.3, -0.25) is 0 Å². The van der Waals surface area contributed by atoms with E-state index in [4.69, 9.17) is 4.43 Å². The maximum atomic E-state index is 7.04. The van der Waals surface area contributed by atoms with Gasteiger partial charge in [-0.15, -0.1) is 6.58 Å². The summed E-state index contributed by atoms with van der Waals surface area (Å²) in [4.78, 5) is 0. The highest BCUT2D eigenvalue weighted by Gasteiger charge is 2.63. The van der Waals surface area contributed by atoms with E-state index >= 15 is 0 Å². The quantitative estimate of drug-likeness (QED) is 0.377. The molecule has 0 spiro atoms. The van der Waals surface area contributed by atoms with Crippen LogP contribution < -0.4 is 0 Å². The Morgan fingerprint density at radius 3 is 2.69 bits per heavy atom. The van der Waals surface area contributed by atoms with Crippen LogP contribution in [-0.2, 0) is 4.43 Å². The van der Waals surface area contributed by atoms with Crippen LogP contribution in [0.3, 0.4) is 0 Å². The van der Waals surface area contributed by atoms with E-state index in [1.54, 1.807) is 0 Å². The minimum atomic E-state index is -1.58. The summed E-state index contributed by atoms with van der Waals surface area (Å²) < 4.78 is 7.04. The summed E-state index contributed by atoms with van der Waals surface area (Å²) in [6, 6.07) is 0. The fraction of sp³-hybridized carbons (Fsp3) is 0.833. The van der Waals surface area contributed by atoms with Crippen LogP contribution in [0.25, 0.3) is 0 Å². The predicted octanol–water partition coefficient (Wildman–Crippen LogP) is 7.12. The molecule has 26 heavy (non-hydrogen) atoms. The molecule has 1 nitrogen and oxygen atoms in total. The van der Waals surface area contributed by atoms with Crippen LogP contribution in [0.15, 0.2) is 24.3 Å². The van der Waals surface area contributed by atoms with E-state index in [2.05, 4.69) is 45.3 Å². The normalized spacial score (nSPS) is 45.3. The topological polar surface area (TPSA) is 9.23 Å². The van der Waals surface area contributed by atoms with Gasteiger partial charge in [0.25, 0.3) is 0 Å². The van der Waals surface area contributed by atoms with Gasteiger partial charge >= 0.3 is 0 Å². The smallest absolute Gasteiger partial charge is 0.184 e. The molecule has 0 amide bonds. The third kappa shape index (κ3) is 2.90. The number of hydrogen-bond acceptors (Lipinski definition) is 1. The molecule has 0 N–H and O–H groups in total. The number of rotatable bonds is 4. The zero-order valence-electron chi connectivity index (χ0n) is 17.7. The molecule has 3 fully saturated rings. The number of fused-ring (bicyclic) bond motifs is 5. The number of hydrogen-bond donors (Lipinski definition) is 0. The summed E-state index contributed by atoms with van der Waals surface area (Å²) in [5, 5.41) is 0. The zero-order chi connectivity index (χ0) is 18.6. The highest BCUT2D eigenvalue weighted by molar-refractivity contribution is 6.69. The summed E-state index contributed by atoms with van der Waals surface area (Å²) in [5.74, 6) is 3.73. The molecule has 0 saturated heterocycles. The lowest BCUT2D eigenvalue weighted by atomic mass is 9.50. The summed E-state index contributed by atoms with van der Waals surface area (Å²) in [6.45, 7) is 13.9. The van der Waals surface area contributed by atoms with E-state index in [1.165, 1.54) is 57.8 Å². The largest absolute Gasteiger partial charge is 0.411 e. The van der Waals surface area contributed by atoms with Crippen LogP contribution in [0.2, 0.25) is 19.6 Å². The van der Waals surface area contributed by atoms with E-state index in [9.17, 15) is 0 Å². The molecular weight excluding hydrogens is 332 g/mol. The maximum absolute atomic E-state index is 7.04. The van der Waals surface area contributed by atoms with E-state index in [0.29, 0.717) is 5.41 Å². The molecule has 0 aromatic heterocycles. The van der Waals surface area contributed by atoms with Gasteiger partial charge in [0.15, 0.2) is 8.32 Å². The van der Waals surface area contributed by atoms with Crippen molar-refractivity contribution in [3.8, 4) is 0 Å². The molecule has 3 saturated carbocycles. The average molecular weight is 373 g/mol. The van der Waals surface area contributed by atoms with Gasteiger partial charge in [0.1, 0.15) is 0 Å². The predicted molar refractivity (Wildman–Crippen MR) is 114 cm³/mol. The third-order valence-electron chi connectivity index (χ3n) is 8.64. The molecular formula is C24H40OSi. The lowest BCUT2D eigenvalue weighted by Crippen LogP contribution is -2.56. The van der Waals surface area contributed by atoms with Gasteiger partial charge in [-0.05, 0) is 113 Å². The Morgan fingerprint density at radius 1 is 1.15 bits per heavy atom. The molecule has 6 atom stereocenters. The Kier molecular flexibility index (Phi) is 4.84. The summed E-state index contributed by atoms with van der Waals surface area (Å²) in [5.41, 5.74) is 2.27.